The van der Waals surface area contributed by atoms with E-state index in [9.17, 15) is 0 Å². The van der Waals surface area contributed by atoms with Gasteiger partial charge in [-0.25, -0.2) is 0 Å². The predicted molar refractivity (Wildman–Crippen MR) is 39.9 cm³/mol. The molecule has 1 nitrogen and oxygen atoms in total. The molecule has 0 N–H and O–H groups in total. The van der Waals surface area contributed by atoms with E-state index in [4.69, 9.17) is 4.74 Å². The molecule has 52 valence electrons. The third-order valence-corrected chi connectivity index (χ3v) is 0.982. The largest absolute Gasteiger partial charge is 0.490 e. The Morgan fingerprint density at radius 3 is 2.70 bits per heavy atom. The minimum Gasteiger partial charge on any atom is -0.490 e. The molecule has 0 aliphatic carbocycles. The first kappa shape index (κ1) is 7.13. The molecule has 0 fully saturated rings. The van der Waals surface area contributed by atoms with Crippen LogP contribution in [0.15, 0.2) is 18.2 Å². The van der Waals surface area contributed by atoms with Gasteiger partial charge in [-0.05, 0) is 32.0 Å². The van der Waals surface area contributed by atoms with Crippen LogP contribution >= 0.6 is 0 Å². The van der Waals surface area contributed by atoms with Gasteiger partial charge in [0.05, 0.1) is 6.10 Å². The average Bonchev–Trinajstić information content (AvgIpc) is 1.88. The van der Waals surface area contributed by atoms with Gasteiger partial charge < -0.3 is 4.74 Å². The summed E-state index contributed by atoms with van der Waals surface area (Å²) in [5, 5.41) is 0. The smallest absolute Gasteiger partial charge is 0.128 e. The quantitative estimate of drug-likeness (QED) is 0.601. The highest BCUT2D eigenvalue weighted by molar-refractivity contribution is 5.18. The van der Waals surface area contributed by atoms with Crippen molar-refractivity contribution in [1.29, 1.82) is 0 Å². The van der Waals surface area contributed by atoms with Crippen LogP contribution in [-0.2, 0) is 0 Å². The number of rotatable bonds is 2. The molecule has 0 heterocycles. The monoisotopic (exact) mass is 134 g/mol. The van der Waals surface area contributed by atoms with Crippen molar-refractivity contribution in [2.45, 2.75) is 20.0 Å². The Morgan fingerprint density at radius 1 is 1.40 bits per heavy atom. The maximum atomic E-state index is 5.33. The van der Waals surface area contributed by atoms with E-state index >= 15 is 0 Å². The summed E-state index contributed by atoms with van der Waals surface area (Å²) in [5.41, 5.74) is 0. The minimum atomic E-state index is 0.215. The molecule has 2 radical (unpaired) electrons. The minimum absolute atomic E-state index is 0.215. The van der Waals surface area contributed by atoms with E-state index in [2.05, 4.69) is 12.1 Å². The molecular formula is C9H10O. The molecule has 0 saturated heterocycles. The molecule has 0 atom stereocenters. The first-order valence-corrected chi connectivity index (χ1v) is 3.33. The fraction of sp³-hybridized carbons (Fsp3) is 0.333. The van der Waals surface area contributed by atoms with E-state index in [0.29, 0.717) is 0 Å². The van der Waals surface area contributed by atoms with Gasteiger partial charge in [0.1, 0.15) is 5.75 Å². The van der Waals surface area contributed by atoms with Gasteiger partial charge >= 0.3 is 0 Å². The maximum absolute atomic E-state index is 5.33. The van der Waals surface area contributed by atoms with E-state index in [0.717, 1.165) is 5.75 Å². The van der Waals surface area contributed by atoms with Crippen molar-refractivity contribution < 1.29 is 4.74 Å². The average molecular weight is 134 g/mol. The van der Waals surface area contributed by atoms with Gasteiger partial charge in [0.15, 0.2) is 0 Å². The van der Waals surface area contributed by atoms with Crippen molar-refractivity contribution in [3.8, 4) is 5.75 Å². The zero-order chi connectivity index (χ0) is 7.40. The molecule has 0 aliphatic heterocycles. The van der Waals surface area contributed by atoms with Gasteiger partial charge in [0.25, 0.3) is 0 Å². The Hall–Kier alpha value is -0.980. The summed E-state index contributed by atoms with van der Waals surface area (Å²) < 4.78 is 5.33. The van der Waals surface area contributed by atoms with E-state index in [1.807, 2.05) is 13.8 Å². The summed E-state index contributed by atoms with van der Waals surface area (Å²) in [6, 6.07) is 11.2. The molecule has 0 saturated carbocycles. The van der Waals surface area contributed by atoms with Crippen LogP contribution in [0, 0.1) is 12.1 Å². The molecule has 1 heteroatoms. The van der Waals surface area contributed by atoms with Crippen molar-refractivity contribution in [3.63, 3.8) is 0 Å². The van der Waals surface area contributed by atoms with E-state index < -0.39 is 0 Å². The summed E-state index contributed by atoms with van der Waals surface area (Å²) in [4.78, 5) is 0. The zero-order valence-corrected chi connectivity index (χ0v) is 6.22. The topological polar surface area (TPSA) is 9.23 Å². The van der Waals surface area contributed by atoms with Crippen molar-refractivity contribution in [2.75, 3.05) is 0 Å². The molecule has 0 spiro atoms. The number of benzene rings is 1. The van der Waals surface area contributed by atoms with Crippen LogP contribution in [0.4, 0.5) is 0 Å². The highest BCUT2D eigenvalue weighted by Gasteiger charge is 1.93. The second-order valence-electron chi connectivity index (χ2n) is 2.32. The van der Waals surface area contributed by atoms with E-state index in [-0.39, 0.29) is 6.10 Å². The Morgan fingerprint density at radius 2 is 2.20 bits per heavy atom. The molecule has 1 rings (SSSR count). The Kier molecular flexibility index (Phi) is 2.32. The van der Waals surface area contributed by atoms with Crippen LogP contribution < -0.4 is 4.74 Å². The second kappa shape index (κ2) is 3.25. The SMILES string of the molecule is CC(C)Oc1[c]cc[c]c1. The molecular weight excluding hydrogens is 124 g/mol. The van der Waals surface area contributed by atoms with Gasteiger partial charge in [0, 0.05) is 6.07 Å². The summed E-state index contributed by atoms with van der Waals surface area (Å²) >= 11 is 0. The summed E-state index contributed by atoms with van der Waals surface area (Å²) in [6.45, 7) is 3.97. The van der Waals surface area contributed by atoms with Crippen molar-refractivity contribution in [1.82, 2.24) is 0 Å². The highest BCUT2D eigenvalue weighted by atomic mass is 16.5. The van der Waals surface area contributed by atoms with Crippen molar-refractivity contribution in [2.24, 2.45) is 0 Å². The molecule has 10 heavy (non-hydrogen) atoms. The van der Waals surface area contributed by atoms with Gasteiger partial charge in [-0.3, -0.25) is 0 Å². The van der Waals surface area contributed by atoms with Crippen LogP contribution in [0.5, 0.6) is 5.75 Å². The van der Waals surface area contributed by atoms with Crippen LogP contribution in [0.2, 0.25) is 0 Å². The molecule has 0 aromatic heterocycles. The van der Waals surface area contributed by atoms with Crippen LogP contribution in [0.1, 0.15) is 13.8 Å². The fourth-order valence-electron chi connectivity index (χ4n) is 0.659. The lowest BCUT2D eigenvalue weighted by Crippen LogP contribution is -2.04. The summed E-state index contributed by atoms with van der Waals surface area (Å²) in [7, 11) is 0. The maximum Gasteiger partial charge on any atom is 0.128 e. The third kappa shape index (κ3) is 2.09. The zero-order valence-electron chi connectivity index (χ0n) is 6.22. The van der Waals surface area contributed by atoms with Gasteiger partial charge in [-0.2, -0.15) is 0 Å². The Bertz CT molecular complexity index is 179. The highest BCUT2D eigenvalue weighted by Crippen LogP contribution is 2.08. The van der Waals surface area contributed by atoms with E-state index in [1.54, 1.807) is 18.2 Å². The fourth-order valence-corrected chi connectivity index (χ4v) is 0.659. The van der Waals surface area contributed by atoms with Gasteiger partial charge in [-0.15, -0.1) is 0 Å². The lowest BCUT2D eigenvalue weighted by atomic mass is 10.3. The lowest BCUT2D eigenvalue weighted by Gasteiger charge is -2.07. The molecule has 0 bridgehead atoms. The first-order chi connectivity index (χ1) is 4.79. The molecule has 0 amide bonds. The van der Waals surface area contributed by atoms with Crippen LogP contribution in [-0.4, -0.2) is 6.10 Å². The normalized spacial score (nSPS) is 9.90. The first-order valence-electron chi connectivity index (χ1n) is 3.33. The predicted octanol–water partition coefficient (Wildman–Crippen LogP) is 2.07. The van der Waals surface area contributed by atoms with Crippen LogP contribution in [0.3, 0.4) is 0 Å². The third-order valence-electron chi connectivity index (χ3n) is 0.982. The van der Waals surface area contributed by atoms with Crippen molar-refractivity contribution >= 4 is 0 Å². The second-order valence-corrected chi connectivity index (χ2v) is 2.32. The standard InChI is InChI=1S/C9H10O/c1-8(2)10-9-6-4-3-5-7-9/h3-4,7-8H,1-2H3. The summed E-state index contributed by atoms with van der Waals surface area (Å²) in [5.74, 6) is 0.762. The Labute approximate surface area is 61.6 Å². The Balaban J connectivity index is 2.59. The van der Waals surface area contributed by atoms with Gasteiger partial charge in [-0.1, -0.05) is 6.07 Å². The molecule has 0 unspecified atom stereocenters. The molecule has 1 aromatic carbocycles. The number of hydrogen-bond acceptors (Lipinski definition) is 1. The van der Waals surface area contributed by atoms with Crippen LogP contribution in [0.25, 0.3) is 0 Å². The molecule has 1 aromatic rings. The summed E-state index contributed by atoms with van der Waals surface area (Å²) in [6.07, 6.45) is 0.215. The van der Waals surface area contributed by atoms with Gasteiger partial charge in [0.2, 0.25) is 0 Å². The number of hydrogen-bond donors (Lipinski definition) is 0. The van der Waals surface area contributed by atoms with Crippen molar-refractivity contribution in [3.05, 3.63) is 30.3 Å². The number of ether oxygens (including phenoxy) is 1. The molecule has 0 aliphatic rings. The lowest BCUT2D eigenvalue weighted by molar-refractivity contribution is 0.242. The van der Waals surface area contributed by atoms with E-state index in [1.165, 1.54) is 0 Å².